The zero-order chi connectivity index (χ0) is 19.8. The molecule has 0 spiro atoms. The maximum atomic E-state index is 13.0. The molecule has 0 aromatic heterocycles. The maximum absolute atomic E-state index is 13.0. The minimum atomic E-state index is -0.621. The number of piperidine rings is 2. The van der Waals surface area contributed by atoms with Gasteiger partial charge in [-0.05, 0) is 56.2 Å². The highest BCUT2D eigenvalue weighted by Gasteiger charge is 2.49. The van der Waals surface area contributed by atoms with Crippen LogP contribution in [0.5, 0.6) is 11.5 Å². The van der Waals surface area contributed by atoms with E-state index in [4.69, 9.17) is 9.47 Å². The van der Waals surface area contributed by atoms with Gasteiger partial charge in [-0.25, -0.2) is 0 Å². The lowest BCUT2D eigenvalue weighted by Crippen LogP contribution is -2.56. The van der Waals surface area contributed by atoms with Crippen molar-refractivity contribution in [3.8, 4) is 11.5 Å². The Kier molecular flexibility index (Phi) is 5.16. The number of nitrogens with zero attached hydrogens (tertiary/aromatic N) is 2. The summed E-state index contributed by atoms with van der Waals surface area (Å²) in [5.41, 5.74) is 0.509. The molecular formula is C23H32N2O4. The number of carbonyl (C=O) groups is 1. The third kappa shape index (κ3) is 3.61. The standard InChI is InChI=1S/C23H32N2O4/c26-21(24-11-4-1-5-12-24)15-25-13-10-23(27)9-3-2-6-18(23)22(25)17-7-8-19-20(14-17)29-16-28-19/h7-8,14,18,22,27H,1-6,9-13,15-16H2/t18-,22-,23+/m1/s1. The van der Waals surface area contributed by atoms with Crippen LogP contribution >= 0.6 is 0 Å². The van der Waals surface area contributed by atoms with Crippen molar-refractivity contribution in [1.29, 1.82) is 0 Å². The summed E-state index contributed by atoms with van der Waals surface area (Å²) < 4.78 is 11.1. The molecule has 2 saturated heterocycles. The fourth-order valence-corrected chi connectivity index (χ4v) is 5.88. The maximum Gasteiger partial charge on any atom is 0.236 e. The van der Waals surface area contributed by atoms with Crippen LogP contribution in [0.2, 0.25) is 0 Å². The first-order chi connectivity index (χ1) is 14.1. The Morgan fingerprint density at radius 2 is 1.86 bits per heavy atom. The summed E-state index contributed by atoms with van der Waals surface area (Å²) >= 11 is 0. The molecule has 6 heteroatoms. The van der Waals surface area contributed by atoms with Gasteiger partial charge in [-0.2, -0.15) is 0 Å². The van der Waals surface area contributed by atoms with Crippen LogP contribution in [0.15, 0.2) is 18.2 Å². The van der Waals surface area contributed by atoms with Crippen LogP contribution in [-0.4, -0.2) is 59.4 Å². The Hall–Kier alpha value is -1.79. The molecule has 3 atom stereocenters. The molecule has 1 saturated carbocycles. The van der Waals surface area contributed by atoms with Gasteiger partial charge in [0.05, 0.1) is 12.1 Å². The van der Waals surface area contributed by atoms with Crippen molar-refractivity contribution in [2.75, 3.05) is 33.0 Å². The van der Waals surface area contributed by atoms with E-state index in [2.05, 4.69) is 17.0 Å². The molecule has 4 aliphatic rings. The number of rotatable bonds is 3. The Morgan fingerprint density at radius 1 is 1.03 bits per heavy atom. The van der Waals surface area contributed by atoms with E-state index in [1.165, 1.54) is 6.42 Å². The molecule has 1 aromatic carbocycles. The number of fused-ring (bicyclic) bond motifs is 2. The van der Waals surface area contributed by atoms with Crippen LogP contribution in [0.3, 0.4) is 0 Å². The summed E-state index contributed by atoms with van der Waals surface area (Å²) in [4.78, 5) is 17.4. The summed E-state index contributed by atoms with van der Waals surface area (Å²) in [6.45, 7) is 3.22. The van der Waals surface area contributed by atoms with E-state index in [1.807, 2.05) is 11.0 Å². The van der Waals surface area contributed by atoms with E-state index in [0.717, 1.165) is 81.6 Å². The predicted molar refractivity (Wildman–Crippen MR) is 109 cm³/mol. The molecule has 1 aliphatic carbocycles. The minimum Gasteiger partial charge on any atom is -0.454 e. The molecule has 1 aromatic rings. The van der Waals surface area contributed by atoms with Crippen LogP contribution in [0.1, 0.15) is 63.0 Å². The number of amides is 1. The Morgan fingerprint density at radius 3 is 2.72 bits per heavy atom. The van der Waals surface area contributed by atoms with Gasteiger partial charge in [0.1, 0.15) is 0 Å². The highest BCUT2D eigenvalue weighted by Crippen LogP contribution is 2.50. The fraction of sp³-hybridized carbons (Fsp3) is 0.696. The van der Waals surface area contributed by atoms with Gasteiger partial charge in [0, 0.05) is 31.6 Å². The Bertz CT molecular complexity index is 763. The number of benzene rings is 1. The molecule has 29 heavy (non-hydrogen) atoms. The zero-order valence-corrected chi connectivity index (χ0v) is 17.1. The zero-order valence-electron chi connectivity index (χ0n) is 17.1. The minimum absolute atomic E-state index is 0.0392. The van der Waals surface area contributed by atoms with E-state index < -0.39 is 5.60 Å². The Labute approximate surface area is 172 Å². The van der Waals surface area contributed by atoms with Crippen molar-refractivity contribution in [2.45, 2.75) is 63.0 Å². The van der Waals surface area contributed by atoms with Gasteiger partial charge in [0.25, 0.3) is 0 Å². The van der Waals surface area contributed by atoms with Crippen molar-refractivity contribution in [1.82, 2.24) is 9.80 Å². The lowest BCUT2D eigenvalue weighted by molar-refractivity contribution is -0.145. The largest absolute Gasteiger partial charge is 0.454 e. The number of hydrogen-bond donors (Lipinski definition) is 1. The van der Waals surface area contributed by atoms with Gasteiger partial charge in [-0.1, -0.05) is 18.9 Å². The SMILES string of the molecule is O=C(CN1CC[C@@]2(O)CCCC[C@@H]2[C@H]1c1ccc2c(c1)OCO2)N1CCCCC1. The van der Waals surface area contributed by atoms with Gasteiger partial charge < -0.3 is 19.5 Å². The van der Waals surface area contributed by atoms with Gasteiger partial charge in [-0.3, -0.25) is 9.69 Å². The van der Waals surface area contributed by atoms with Crippen molar-refractivity contribution in [3.05, 3.63) is 23.8 Å². The number of aliphatic hydroxyl groups is 1. The van der Waals surface area contributed by atoms with E-state index >= 15 is 0 Å². The molecule has 3 fully saturated rings. The van der Waals surface area contributed by atoms with Crippen molar-refractivity contribution in [3.63, 3.8) is 0 Å². The summed E-state index contributed by atoms with van der Waals surface area (Å²) in [5.74, 6) is 1.94. The molecular weight excluding hydrogens is 368 g/mol. The molecule has 158 valence electrons. The summed E-state index contributed by atoms with van der Waals surface area (Å²) in [6.07, 6.45) is 8.31. The molecule has 5 rings (SSSR count). The molecule has 1 N–H and O–H groups in total. The molecule has 0 bridgehead atoms. The highest BCUT2D eigenvalue weighted by molar-refractivity contribution is 5.78. The fourth-order valence-electron chi connectivity index (χ4n) is 5.88. The summed E-state index contributed by atoms with van der Waals surface area (Å²) in [5, 5.41) is 11.4. The first-order valence-electron chi connectivity index (χ1n) is 11.3. The second-order valence-electron chi connectivity index (χ2n) is 9.18. The lowest BCUT2D eigenvalue weighted by Gasteiger charge is -2.52. The predicted octanol–water partition coefficient (Wildman–Crippen LogP) is 3.10. The first-order valence-corrected chi connectivity index (χ1v) is 11.3. The quantitative estimate of drug-likeness (QED) is 0.845. The second kappa shape index (κ2) is 7.80. The van der Waals surface area contributed by atoms with Crippen LogP contribution in [0.25, 0.3) is 0 Å². The van der Waals surface area contributed by atoms with Crippen LogP contribution < -0.4 is 9.47 Å². The van der Waals surface area contributed by atoms with Crippen molar-refractivity contribution < 1.29 is 19.4 Å². The number of hydrogen-bond acceptors (Lipinski definition) is 5. The first kappa shape index (κ1) is 19.2. The topological polar surface area (TPSA) is 62.2 Å². The second-order valence-corrected chi connectivity index (χ2v) is 9.18. The normalized spacial score (nSPS) is 32.1. The van der Waals surface area contributed by atoms with Gasteiger partial charge in [-0.15, -0.1) is 0 Å². The van der Waals surface area contributed by atoms with Crippen molar-refractivity contribution in [2.24, 2.45) is 5.92 Å². The summed E-state index contributed by atoms with van der Waals surface area (Å²) in [7, 11) is 0. The average molecular weight is 401 g/mol. The van der Waals surface area contributed by atoms with Gasteiger partial charge >= 0.3 is 0 Å². The number of ether oxygens (including phenoxy) is 2. The molecule has 0 unspecified atom stereocenters. The monoisotopic (exact) mass is 400 g/mol. The average Bonchev–Trinajstić information content (AvgIpc) is 3.22. The van der Waals surface area contributed by atoms with Gasteiger partial charge in [0.15, 0.2) is 11.5 Å². The van der Waals surface area contributed by atoms with E-state index in [-0.39, 0.29) is 24.7 Å². The molecule has 1 amide bonds. The molecule has 3 aliphatic heterocycles. The van der Waals surface area contributed by atoms with E-state index in [0.29, 0.717) is 6.54 Å². The lowest BCUT2D eigenvalue weighted by atomic mass is 9.66. The van der Waals surface area contributed by atoms with E-state index in [1.54, 1.807) is 0 Å². The third-order valence-corrected chi connectivity index (χ3v) is 7.46. The Balaban J connectivity index is 1.43. The van der Waals surface area contributed by atoms with Crippen LogP contribution in [-0.2, 0) is 4.79 Å². The number of likely N-dealkylation sites (tertiary alicyclic amines) is 2. The third-order valence-electron chi connectivity index (χ3n) is 7.46. The van der Waals surface area contributed by atoms with Crippen LogP contribution in [0.4, 0.5) is 0 Å². The smallest absolute Gasteiger partial charge is 0.236 e. The number of carbonyl (C=O) groups excluding carboxylic acids is 1. The highest BCUT2D eigenvalue weighted by atomic mass is 16.7. The molecule has 0 radical (unpaired) electrons. The van der Waals surface area contributed by atoms with Crippen molar-refractivity contribution >= 4 is 5.91 Å². The van der Waals surface area contributed by atoms with Gasteiger partial charge in [0.2, 0.25) is 12.7 Å². The summed E-state index contributed by atoms with van der Waals surface area (Å²) in [6, 6.07) is 6.17. The molecule has 6 nitrogen and oxygen atoms in total. The van der Waals surface area contributed by atoms with Crippen LogP contribution in [0, 0.1) is 5.92 Å². The van der Waals surface area contributed by atoms with E-state index in [9.17, 15) is 9.90 Å². The molecule has 3 heterocycles.